The van der Waals surface area contributed by atoms with Crippen LogP contribution in [0.25, 0.3) is 5.73 Å². The molecule has 175 valence electrons. The fourth-order valence-corrected chi connectivity index (χ4v) is 2.80. The van der Waals surface area contributed by atoms with E-state index in [-0.39, 0.29) is 57.2 Å². The van der Waals surface area contributed by atoms with Gasteiger partial charge in [-0.05, 0) is 43.9 Å². The summed E-state index contributed by atoms with van der Waals surface area (Å²) in [5.41, 5.74) is 8.76. The minimum atomic E-state index is -1.16. The molecule has 1 rings (SSSR count). The quantitative estimate of drug-likeness (QED) is 0.289. The van der Waals surface area contributed by atoms with Gasteiger partial charge >= 0.3 is 5.97 Å². The number of rotatable bonds is 11. The summed E-state index contributed by atoms with van der Waals surface area (Å²) >= 11 is 0. The van der Waals surface area contributed by atoms with E-state index >= 15 is 0 Å². The number of hydrogen-bond donors (Lipinski definition) is 5. The van der Waals surface area contributed by atoms with Crippen molar-refractivity contribution < 1.29 is 62.1 Å². The Kier molecular flexibility index (Phi) is 13.3. The van der Waals surface area contributed by atoms with Gasteiger partial charge in [-0.3, -0.25) is 19.2 Å². The third kappa shape index (κ3) is 10.5. The molecule has 0 fully saturated rings. The number of carbonyl (C=O) groups is 4. The monoisotopic (exact) mass is 524 g/mol. The number of aliphatic carboxylic acids is 1. The standard InChI is InChI=1S/C21H31N4O6.Y/c1-11(2)18(21(31)24-13(4)19(29)23-12(3)9-17(27)28)25-20(30)16(22)10-14-5-7-15(26)8-6-14;/h5-8,11-13,16,18,22,26H,9-10H2,1-4H3,(H,23,29)(H,24,31)(H,25,30)(H,27,28);/q-1;/t12-,13+,16+,18+;/m1./s1. The van der Waals surface area contributed by atoms with Gasteiger partial charge in [-0.1, -0.05) is 32.0 Å². The Morgan fingerprint density at radius 3 is 1.97 bits per heavy atom. The van der Waals surface area contributed by atoms with Crippen LogP contribution < -0.4 is 16.0 Å². The van der Waals surface area contributed by atoms with Gasteiger partial charge < -0.3 is 31.9 Å². The molecule has 0 aliphatic carbocycles. The second-order valence-electron chi connectivity index (χ2n) is 7.89. The zero-order valence-corrected chi connectivity index (χ0v) is 21.6. The number of carboxylic acid groups (broad SMARTS) is 1. The van der Waals surface area contributed by atoms with E-state index in [0.29, 0.717) is 5.56 Å². The van der Waals surface area contributed by atoms with Crippen molar-refractivity contribution in [2.24, 2.45) is 5.92 Å². The van der Waals surface area contributed by atoms with E-state index in [1.807, 2.05) is 0 Å². The largest absolute Gasteiger partial charge is 0.667 e. The first-order valence-electron chi connectivity index (χ1n) is 10.0. The van der Waals surface area contributed by atoms with E-state index < -0.39 is 47.9 Å². The summed E-state index contributed by atoms with van der Waals surface area (Å²) in [5, 5.41) is 25.7. The van der Waals surface area contributed by atoms with Gasteiger partial charge in [0, 0.05) is 38.8 Å². The van der Waals surface area contributed by atoms with Crippen molar-refractivity contribution in [1.29, 1.82) is 0 Å². The molecule has 11 heteroatoms. The van der Waals surface area contributed by atoms with Crippen LogP contribution in [-0.4, -0.2) is 58.1 Å². The molecule has 1 aromatic carbocycles. The fraction of sp³-hybridized carbons (Fsp3) is 0.524. The Morgan fingerprint density at radius 2 is 1.47 bits per heavy atom. The number of nitrogens with one attached hydrogen (secondary N) is 4. The van der Waals surface area contributed by atoms with Gasteiger partial charge in [-0.2, -0.15) is 0 Å². The Balaban J connectivity index is 0.00000961. The van der Waals surface area contributed by atoms with Gasteiger partial charge in [0.1, 0.15) is 17.8 Å². The van der Waals surface area contributed by atoms with E-state index in [1.54, 1.807) is 32.9 Å². The Morgan fingerprint density at radius 1 is 0.906 bits per heavy atom. The van der Waals surface area contributed by atoms with Crippen LogP contribution in [0.3, 0.4) is 0 Å². The van der Waals surface area contributed by atoms with E-state index in [1.165, 1.54) is 19.1 Å². The van der Waals surface area contributed by atoms with E-state index in [9.17, 15) is 24.3 Å². The maximum absolute atomic E-state index is 12.6. The predicted octanol–water partition coefficient (Wildman–Crippen LogP) is 0.978. The second-order valence-corrected chi connectivity index (χ2v) is 7.89. The van der Waals surface area contributed by atoms with Gasteiger partial charge in [-0.25, -0.2) is 0 Å². The average Bonchev–Trinajstić information content (AvgIpc) is 2.66. The molecule has 3 amide bonds. The van der Waals surface area contributed by atoms with Crippen molar-refractivity contribution in [3.63, 3.8) is 0 Å². The van der Waals surface area contributed by atoms with Crippen LogP contribution in [0.4, 0.5) is 0 Å². The van der Waals surface area contributed by atoms with Crippen LogP contribution >= 0.6 is 0 Å². The van der Waals surface area contributed by atoms with Crippen molar-refractivity contribution >= 4 is 23.7 Å². The number of phenols is 1. The first kappa shape index (κ1) is 30.0. The molecule has 4 atom stereocenters. The molecule has 0 aliphatic rings. The number of phenolic OH excluding ortho intramolecular Hbond substituents is 1. The Labute approximate surface area is 213 Å². The average molecular weight is 524 g/mol. The van der Waals surface area contributed by atoms with Crippen LogP contribution in [-0.2, 0) is 58.3 Å². The summed E-state index contributed by atoms with van der Waals surface area (Å²) < 4.78 is 0. The van der Waals surface area contributed by atoms with Gasteiger partial charge in [0.15, 0.2) is 0 Å². The SMILES string of the molecule is CC(C)[C@H](NC(=O)[C@@H]([NH-])Cc1ccc(O)cc1)C(=O)N[C@@H](C)C(=O)N[C@H](C)CC(=O)O.[Y]. The zero-order chi connectivity index (χ0) is 23.7. The van der Waals surface area contributed by atoms with Crippen LogP contribution in [0.2, 0.25) is 0 Å². The smallest absolute Gasteiger partial charge is 0.305 e. The zero-order valence-electron chi connectivity index (χ0n) is 18.7. The summed E-state index contributed by atoms with van der Waals surface area (Å²) in [7, 11) is 0. The maximum atomic E-state index is 12.6. The second kappa shape index (κ2) is 14.2. The maximum Gasteiger partial charge on any atom is 0.305 e. The first-order chi connectivity index (χ1) is 14.4. The number of hydrogen-bond acceptors (Lipinski definition) is 5. The Hall–Kier alpha value is -2.04. The summed E-state index contributed by atoms with van der Waals surface area (Å²) in [6, 6.07) is 2.51. The number of aromatic hydroxyl groups is 1. The normalized spacial score (nSPS) is 14.3. The molecule has 0 saturated carbocycles. The molecule has 6 N–H and O–H groups in total. The summed E-state index contributed by atoms with van der Waals surface area (Å²) in [4.78, 5) is 47.9. The van der Waals surface area contributed by atoms with Crippen molar-refractivity contribution in [1.82, 2.24) is 16.0 Å². The first-order valence-corrected chi connectivity index (χ1v) is 10.0. The molecular formula is C21H31N4O6Y-. The number of carbonyl (C=O) groups excluding carboxylic acids is 3. The molecule has 0 spiro atoms. The fourth-order valence-electron chi connectivity index (χ4n) is 2.80. The molecule has 0 saturated heterocycles. The number of amides is 3. The summed E-state index contributed by atoms with van der Waals surface area (Å²) in [5.74, 6) is -3.01. The molecule has 0 bridgehead atoms. The van der Waals surface area contributed by atoms with E-state index in [4.69, 9.17) is 10.8 Å². The molecule has 32 heavy (non-hydrogen) atoms. The summed E-state index contributed by atoms with van der Waals surface area (Å²) in [6.45, 7) is 6.45. The van der Waals surface area contributed by atoms with Gasteiger partial charge in [0.25, 0.3) is 0 Å². The third-order valence-electron chi connectivity index (χ3n) is 4.56. The molecule has 1 aromatic rings. The van der Waals surface area contributed by atoms with Crippen LogP contribution in [0, 0.1) is 5.92 Å². The minimum Gasteiger partial charge on any atom is -0.667 e. The molecular weight excluding hydrogens is 493 g/mol. The minimum absolute atomic E-state index is 0. The Bertz CT molecular complexity index is 787. The van der Waals surface area contributed by atoms with Gasteiger partial charge in [0.05, 0.1) is 6.42 Å². The number of carboxylic acids is 1. The number of benzene rings is 1. The van der Waals surface area contributed by atoms with E-state index in [2.05, 4.69) is 16.0 Å². The topological polar surface area (TPSA) is 169 Å². The van der Waals surface area contributed by atoms with Crippen LogP contribution in [0.1, 0.15) is 39.7 Å². The van der Waals surface area contributed by atoms with Gasteiger partial charge in [-0.15, -0.1) is 0 Å². The van der Waals surface area contributed by atoms with Crippen LogP contribution in [0.15, 0.2) is 24.3 Å². The molecule has 0 heterocycles. The van der Waals surface area contributed by atoms with E-state index in [0.717, 1.165) is 0 Å². The summed E-state index contributed by atoms with van der Waals surface area (Å²) in [6.07, 6.45) is -0.137. The van der Waals surface area contributed by atoms with Crippen LogP contribution in [0.5, 0.6) is 5.75 Å². The molecule has 0 aromatic heterocycles. The van der Waals surface area contributed by atoms with Crippen molar-refractivity contribution in [2.45, 2.75) is 64.7 Å². The van der Waals surface area contributed by atoms with Gasteiger partial charge in [0.2, 0.25) is 17.7 Å². The van der Waals surface area contributed by atoms with Crippen molar-refractivity contribution in [3.05, 3.63) is 35.6 Å². The predicted molar refractivity (Wildman–Crippen MR) is 114 cm³/mol. The molecule has 0 unspecified atom stereocenters. The third-order valence-corrected chi connectivity index (χ3v) is 4.56. The molecule has 1 radical (unpaired) electrons. The molecule has 0 aliphatic heterocycles. The van der Waals surface area contributed by atoms with Crippen molar-refractivity contribution in [3.8, 4) is 5.75 Å². The molecule has 10 nitrogen and oxygen atoms in total. The van der Waals surface area contributed by atoms with Crippen molar-refractivity contribution in [2.75, 3.05) is 0 Å².